The molecule has 14 nitrogen and oxygen atoms in total. The molecular weight excluding hydrogens is 835 g/mol. The Balaban J connectivity index is 1.70. The second-order valence-electron chi connectivity index (χ2n) is 19.6. The van der Waals surface area contributed by atoms with E-state index in [0.29, 0.717) is 63.4 Å². The van der Waals surface area contributed by atoms with Gasteiger partial charge >= 0.3 is 5.97 Å². The zero-order chi connectivity index (χ0) is 48.2. The Labute approximate surface area is 387 Å². The van der Waals surface area contributed by atoms with E-state index in [1.807, 2.05) is 58.1 Å². The van der Waals surface area contributed by atoms with Gasteiger partial charge in [0.05, 0.1) is 24.4 Å². The van der Waals surface area contributed by atoms with Crippen molar-refractivity contribution < 1.29 is 63.0 Å². The second-order valence-corrected chi connectivity index (χ2v) is 19.6. The molecule has 14 heteroatoms. The molecule has 3 aliphatic heterocycles. The van der Waals surface area contributed by atoms with Crippen molar-refractivity contribution in [2.45, 2.75) is 180 Å². The molecule has 4 aliphatic rings. The van der Waals surface area contributed by atoms with E-state index in [2.05, 4.69) is 0 Å². The molecule has 65 heavy (non-hydrogen) atoms. The van der Waals surface area contributed by atoms with Crippen molar-refractivity contribution in [1.29, 1.82) is 0 Å². The number of ether oxygens (including phenoxy) is 5. The maximum atomic E-state index is 14.4. The number of cyclic esters (lactones) is 1. The van der Waals surface area contributed by atoms with Gasteiger partial charge in [0.15, 0.2) is 5.78 Å². The van der Waals surface area contributed by atoms with E-state index in [9.17, 15) is 39.3 Å². The van der Waals surface area contributed by atoms with Gasteiger partial charge in [0, 0.05) is 58.5 Å². The highest BCUT2D eigenvalue weighted by molar-refractivity contribution is 6.39. The third-order valence-corrected chi connectivity index (χ3v) is 14.5. The molecule has 1 saturated carbocycles. The summed E-state index contributed by atoms with van der Waals surface area (Å²) in [6.45, 7) is 12.7. The van der Waals surface area contributed by atoms with Crippen LogP contribution in [0.4, 0.5) is 0 Å². The summed E-state index contributed by atoms with van der Waals surface area (Å²) >= 11 is 0. The average Bonchev–Trinajstić information content (AvgIpc) is 3.28. The van der Waals surface area contributed by atoms with Crippen LogP contribution in [0, 0.1) is 35.5 Å². The summed E-state index contributed by atoms with van der Waals surface area (Å²) in [5.74, 6) is -7.96. The number of methoxy groups -OCH3 is 3. The number of nitrogens with zero attached hydrogens (tertiary/aromatic N) is 1. The topological polar surface area (TPSA) is 195 Å². The molecule has 3 heterocycles. The normalized spacial score (nSPS) is 40.4. The van der Waals surface area contributed by atoms with Crippen molar-refractivity contribution in [2.24, 2.45) is 35.5 Å². The van der Waals surface area contributed by atoms with Crippen molar-refractivity contribution in [3.8, 4) is 0 Å². The van der Waals surface area contributed by atoms with E-state index in [4.69, 9.17) is 23.7 Å². The van der Waals surface area contributed by atoms with Crippen molar-refractivity contribution in [3.05, 3.63) is 47.6 Å². The third kappa shape index (κ3) is 14.3. The molecule has 0 radical (unpaired) electrons. The summed E-state index contributed by atoms with van der Waals surface area (Å²) < 4.78 is 29.4. The number of allylic oxidation sites excluding steroid dienone is 6. The van der Waals surface area contributed by atoms with Crippen LogP contribution in [0.25, 0.3) is 0 Å². The van der Waals surface area contributed by atoms with Gasteiger partial charge < -0.3 is 43.9 Å². The van der Waals surface area contributed by atoms with E-state index in [0.717, 1.165) is 12.0 Å². The Morgan fingerprint density at radius 1 is 0.846 bits per heavy atom. The van der Waals surface area contributed by atoms with Crippen LogP contribution >= 0.6 is 0 Å². The van der Waals surface area contributed by atoms with Crippen molar-refractivity contribution in [2.75, 3.05) is 27.9 Å². The number of Topliss-reactive ketones (excluding diaryl/α,β-unsaturated/α-hetero) is 3. The number of hydrogen-bond acceptors (Lipinski definition) is 13. The first-order chi connectivity index (χ1) is 30.7. The molecular formula is C51H79NO13. The van der Waals surface area contributed by atoms with Crippen LogP contribution in [0.15, 0.2) is 47.6 Å². The molecule has 3 unspecified atom stereocenters. The number of carbonyl (C=O) groups is 5. The fourth-order valence-electron chi connectivity index (χ4n) is 10.1. The Kier molecular flexibility index (Phi) is 21.0. The summed E-state index contributed by atoms with van der Waals surface area (Å²) in [7, 11) is 4.52. The van der Waals surface area contributed by atoms with Crippen LogP contribution < -0.4 is 0 Å². The van der Waals surface area contributed by atoms with Crippen LogP contribution in [-0.2, 0) is 47.7 Å². The Bertz CT molecular complexity index is 1760. The van der Waals surface area contributed by atoms with Gasteiger partial charge in [-0.15, -0.1) is 0 Å². The average molecular weight is 914 g/mol. The summed E-state index contributed by atoms with van der Waals surface area (Å²) in [6.07, 6.45) is 11.2. The van der Waals surface area contributed by atoms with E-state index >= 15 is 0 Å². The molecule has 4 rings (SSSR count). The number of hydrogen-bond donors (Lipinski definition) is 3. The van der Waals surface area contributed by atoms with Gasteiger partial charge in [0.2, 0.25) is 5.79 Å². The number of aliphatic hydroxyl groups is 3. The lowest BCUT2D eigenvalue weighted by Crippen LogP contribution is -2.61. The number of amides is 1. The number of esters is 1. The summed E-state index contributed by atoms with van der Waals surface area (Å²) in [4.78, 5) is 71.8. The maximum Gasteiger partial charge on any atom is 0.329 e. The number of carbonyl (C=O) groups excluding carboxylic acids is 5. The van der Waals surface area contributed by atoms with Gasteiger partial charge in [-0.25, -0.2) is 4.79 Å². The van der Waals surface area contributed by atoms with Crippen LogP contribution in [0.3, 0.4) is 0 Å². The number of fused-ring (bicyclic) bond motifs is 3. The molecule has 2 saturated heterocycles. The van der Waals surface area contributed by atoms with Gasteiger partial charge in [-0.2, -0.15) is 0 Å². The lowest BCUT2D eigenvalue weighted by molar-refractivity contribution is -0.265. The zero-order valence-electron chi connectivity index (χ0n) is 40.6. The van der Waals surface area contributed by atoms with Crippen molar-refractivity contribution >= 4 is 29.2 Å². The summed E-state index contributed by atoms with van der Waals surface area (Å²) in [5, 5.41) is 33.8. The van der Waals surface area contributed by atoms with Gasteiger partial charge in [-0.1, -0.05) is 71.1 Å². The molecule has 3 fully saturated rings. The SMILES string of the molecule is COC1C[C@H](C[C@@H](C)[C@@H]2CC(=O)[C@H](C)/C=C(\C)[C@@H](O)C(OC)C(=O)C(C)C[C@H](C)/C=C/C=C/C=C(\C)[C@@H](OC)C[C@@H]3CC[C@@H](C)[C@@](O)(O3)C(=O)C(=O)N3CCCC[C@H]3C(=O)O2)CC[C@H]1O. The molecule has 2 bridgehead atoms. The fraction of sp³-hybridized carbons (Fsp3) is 0.745. The molecule has 3 N–H and O–H groups in total. The van der Waals surface area contributed by atoms with Gasteiger partial charge in [0.1, 0.15) is 30.1 Å². The largest absolute Gasteiger partial charge is 0.460 e. The van der Waals surface area contributed by atoms with Crippen molar-refractivity contribution in [3.63, 3.8) is 0 Å². The molecule has 0 aromatic heterocycles. The van der Waals surface area contributed by atoms with E-state index < -0.39 is 83.9 Å². The first-order valence-electron chi connectivity index (χ1n) is 23.9. The molecule has 366 valence electrons. The summed E-state index contributed by atoms with van der Waals surface area (Å²) in [5.41, 5.74) is 1.27. The molecule has 0 aromatic rings. The monoisotopic (exact) mass is 914 g/mol. The van der Waals surface area contributed by atoms with E-state index in [1.54, 1.807) is 41.1 Å². The minimum atomic E-state index is -2.43. The first kappa shape index (κ1) is 54.2. The number of ketones is 3. The minimum Gasteiger partial charge on any atom is -0.460 e. The Morgan fingerprint density at radius 3 is 2.25 bits per heavy atom. The quantitative estimate of drug-likeness (QED) is 0.156. The van der Waals surface area contributed by atoms with Crippen molar-refractivity contribution in [1.82, 2.24) is 4.90 Å². The predicted molar refractivity (Wildman–Crippen MR) is 245 cm³/mol. The highest BCUT2D eigenvalue weighted by Crippen LogP contribution is 2.38. The lowest BCUT2D eigenvalue weighted by Gasteiger charge is -2.42. The number of rotatable bonds is 6. The molecule has 0 aromatic carbocycles. The number of aliphatic hydroxyl groups excluding tert-OH is 2. The van der Waals surface area contributed by atoms with Crippen LogP contribution in [0.1, 0.15) is 126 Å². The molecule has 15 atom stereocenters. The highest BCUT2D eigenvalue weighted by Gasteiger charge is 2.53. The maximum absolute atomic E-state index is 14.4. The van der Waals surface area contributed by atoms with Gasteiger partial charge in [-0.3, -0.25) is 19.2 Å². The number of piperidine rings is 1. The Hall–Kier alpha value is -3.37. The smallest absolute Gasteiger partial charge is 0.329 e. The fourth-order valence-corrected chi connectivity index (χ4v) is 10.1. The van der Waals surface area contributed by atoms with Crippen LogP contribution in [0.2, 0.25) is 0 Å². The van der Waals surface area contributed by atoms with Crippen LogP contribution in [0.5, 0.6) is 0 Å². The predicted octanol–water partition coefficient (Wildman–Crippen LogP) is 6.18. The lowest BCUT2D eigenvalue weighted by atomic mass is 9.78. The first-order valence-corrected chi connectivity index (χ1v) is 23.9. The second kappa shape index (κ2) is 25.1. The van der Waals surface area contributed by atoms with Crippen LogP contribution in [-0.4, -0.2) is 132 Å². The zero-order valence-corrected chi connectivity index (χ0v) is 40.6. The molecule has 1 aliphatic carbocycles. The van der Waals surface area contributed by atoms with Gasteiger partial charge in [0.25, 0.3) is 11.7 Å². The Morgan fingerprint density at radius 2 is 1.57 bits per heavy atom. The minimum absolute atomic E-state index is 0.0193. The molecule has 1 amide bonds. The highest BCUT2D eigenvalue weighted by atomic mass is 16.6. The third-order valence-electron chi connectivity index (χ3n) is 14.5. The standard InChI is InChI=1S/C51H79NO13/c1-30-16-12-11-13-17-31(2)42(61-8)28-38-21-19-36(7)51(60,65-38)48(57)49(58)52-23-15-14-18-39(52)50(59)64-43(33(4)26-37-20-22-40(53)44(27-37)62-9)29-41(54)32(3)25-35(6)46(56)47(63-10)45(55)34(5)24-30/h11-13,16-17,25,30,32-34,36-40,42-44,46-47,53,56,60H,14-15,18-24,26-29H2,1-10H3/b13-11+,16-12+,31-17+,35-25+/t30-,32-,33-,34?,36-,37+,38+,39+,40-,42+,43+,44?,46-,47?,51-/m1/s1. The summed E-state index contributed by atoms with van der Waals surface area (Å²) in [6, 6.07) is -1.14. The van der Waals surface area contributed by atoms with Gasteiger partial charge in [-0.05, 0) is 107 Å². The van der Waals surface area contributed by atoms with E-state index in [-0.39, 0.29) is 54.8 Å². The molecule has 0 spiro atoms. The van der Waals surface area contributed by atoms with E-state index in [1.165, 1.54) is 12.0 Å².